The lowest BCUT2D eigenvalue weighted by molar-refractivity contribution is -0.133. The Kier molecular flexibility index (Phi) is 4.45. The van der Waals surface area contributed by atoms with Gasteiger partial charge in [0.15, 0.2) is 0 Å². The highest BCUT2D eigenvalue weighted by atomic mass is 35.5. The van der Waals surface area contributed by atoms with E-state index >= 15 is 0 Å². The zero-order chi connectivity index (χ0) is 14.7. The third kappa shape index (κ3) is 3.21. The number of rotatable bonds is 3. The van der Waals surface area contributed by atoms with Gasteiger partial charge in [0.05, 0.1) is 6.42 Å². The monoisotopic (exact) mass is 301 g/mol. The molecule has 2 aromatic rings. The first-order valence-electron chi connectivity index (χ1n) is 7.61. The molecule has 0 aromatic heterocycles. The van der Waals surface area contributed by atoms with Crippen molar-refractivity contribution in [3.8, 4) is 0 Å². The van der Waals surface area contributed by atoms with Crippen LogP contribution in [0.1, 0.15) is 24.8 Å². The molecular formula is C18H20ClNO. The molecule has 0 aliphatic carbocycles. The molecular weight excluding hydrogens is 282 g/mol. The molecule has 1 saturated heterocycles. The minimum absolute atomic E-state index is 0.204. The molecule has 0 saturated carbocycles. The number of carbonyl (C=O) groups excluding carboxylic acids is 1. The number of hydrogen-bond donors (Lipinski definition) is 0. The topological polar surface area (TPSA) is 20.3 Å². The molecule has 1 fully saturated rings. The van der Waals surface area contributed by atoms with Crippen LogP contribution in [0.5, 0.6) is 0 Å². The van der Waals surface area contributed by atoms with Gasteiger partial charge in [-0.15, -0.1) is 11.6 Å². The Morgan fingerprint density at radius 2 is 1.95 bits per heavy atom. The molecule has 0 spiro atoms. The predicted molar refractivity (Wildman–Crippen MR) is 87.7 cm³/mol. The van der Waals surface area contributed by atoms with E-state index in [4.69, 9.17) is 11.6 Å². The molecule has 110 valence electrons. The fourth-order valence-electron chi connectivity index (χ4n) is 3.11. The molecule has 21 heavy (non-hydrogen) atoms. The second-order valence-corrected chi connectivity index (χ2v) is 6.06. The summed E-state index contributed by atoms with van der Waals surface area (Å²) in [5.41, 5.74) is 1.08. The van der Waals surface area contributed by atoms with Crippen LogP contribution in [0.2, 0.25) is 0 Å². The number of benzene rings is 2. The summed E-state index contributed by atoms with van der Waals surface area (Å²) in [5.74, 6) is 0.749. The zero-order valence-corrected chi connectivity index (χ0v) is 12.9. The van der Waals surface area contributed by atoms with Crippen LogP contribution >= 0.6 is 11.6 Å². The number of hydrogen-bond acceptors (Lipinski definition) is 1. The molecule has 1 atom stereocenters. The van der Waals surface area contributed by atoms with E-state index in [1.54, 1.807) is 0 Å². The van der Waals surface area contributed by atoms with Crippen molar-refractivity contribution < 1.29 is 4.79 Å². The average molecular weight is 302 g/mol. The third-order valence-corrected chi connectivity index (χ3v) is 4.65. The lowest BCUT2D eigenvalue weighted by Gasteiger charge is -2.34. The van der Waals surface area contributed by atoms with Gasteiger partial charge in [-0.1, -0.05) is 42.5 Å². The van der Waals surface area contributed by atoms with E-state index < -0.39 is 0 Å². The Balaban J connectivity index is 1.76. The van der Waals surface area contributed by atoms with Gasteiger partial charge in [0.1, 0.15) is 0 Å². The van der Waals surface area contributed by atoms with Crippen LogP contribution in [0.25, 0.3) is 10.8 Å². The highest BCUT2D eigenvalue weighted by Gasteiger charge is 2.25. The number of likely N-dealkylation sites (tertiary alicyclic amines) is 1. The van der Waals surface area contributed by atoms with E-state index in [0.29, 0.717) is 12.3 Å². The van der Waals surface area contributed by atoms with Crippen LogP contribution in [0.15, 0.2) is 42.5 Å². The fourth-order valence-corrected chi connectivity index (χ4v) is 3.44. The van der Waals surface area contributed by atoms with Crippen LogP contribution in [0, 0.1) is 0 Å². The first-order valence-corrected chi connectivity index (χ1v) is 8.14. The summed E-state index contributed by atoms with van der Waals surface area (Å²) >= 11 is 6.01. The predicted octanol–water partition coefficient (Wildman–Crippen LogP) is 4.00. The van der Waals surface area contributed by atoms with Crippen LogP contribution in [0.4, 0.5) is 0 Å². The van der Waals surface area contributed by atoms with Gasteiger partial charge >= 0.3 is 0 Å². The number of alkyl halides is 1. The maximum atomic E-state index is 12.5. The summed E-state index contributed by atoms with van der Waals surface area (Å²) in [5, 5.41) is 2.40. The first kappa shape index (κ1) is 14.4. The van der Waals surface area contributed by atoms with Gasteiger partial charge in [-0.2, -0.15) is 0 Å². The molecule has 1 amide bonds. The minimum Gasteiger partial charge on any atom is -0.338 e. The second-order valence-electron chi connectivity index (χ2n) is 5.75. The van der Waals surface area contributed by atoms with Crippen molar-refractivity contribution in [2.24, 2.45) is 0 Å². The Hall–Kier alpha value is -1.54. The van der Waals surface area contributed by atoms with E-state index in [1.807, 2.05) is 17.0 Å². The van der Waals surface area contributed by atoms with Crippen LogP contribution in [-0.2, 0) is 11.2 Å². The minimum atomic E-state index is 0.204. The number of nitrogens with zero attached hydrogens (tertiary/aromatic N) is 1. The standard InChI is InChI=1S/C18H20ClNO/c19-13-17-7-3-4-10-20(17)18(21)12-14-8-9-15-5-1-2-6-16(15)11-14/h1-2,5-6,8-9,11,17H,3-4,7,10,12-13H2. The van der Waals surface area contributed by atoms with E-state index in [2.05, 4.69) is 30.3 Å². The van der Waals surface area contributed by atoms with Gasteiger partial charge in [-0.3, -0.25) is 4.79 Å². The number of piperidine rings is 1. The van der Waals surface area contributed by atoms with Crippen molar-refractivity contribution in [1.29, 1.82) is 0 Å². The van der Waals surface area contributed by atoms with Crippen molar-refractivity contribution in [2.75, 3.05) is 12.4 Å². The largest absolute Gasteiger partial charge is 0.338 e. The van der Waals surface area contributed by atoms with Crippen LogP contribution < -0.4 is 0 Å². The summed E-state index contributed by atoms with van der Waals surface area (Å²) in [7, 11) is 0. The highest BCUT2D eigenvalue weighted by molar-refractivity contribution is 6.18. The maximum absolute atomic E-state index is 12.5. The molecule has 2 aromatic carbocycles. The molecule has 3 rings (SSSR count). The molecule has 1 aliphatic heterocycles. The van der Waals surface area contributed by atoms with E-state index in [-0.39, 0.29) is 11.9 Å². The summed E-state index contributed by atoms with van der Waals surface area (Å²) in [6, 6.07) is 14.7. The van der Waals surface area contributed by atoms with Crippen molar-refractivity contribution in [1.82, 2.24) is 4.90 Å². The smallest absolute Gasteiger partial charge is 0.227 e. The SMILES string of the molecule is O=C(Cc1ccc2ccccc2c1)N1CCCCC1CCl. The summed E-state index contributed by atoms with van der Waals surface area (Å²) in [6.45, 7) is 0.851. The van der Waals surface area contributed by atoms with E-state index in [1.165, 1.54) is 17.2 Å². The number of fused-ring (bicyclic) bond motifs is 1. The Labute approximate surface area is 130 Å². The molecule has 2 nitrogen and oxygen atoms in total. The number of halogens is 1. The number of amides is 1. The first-order chi connectivity index (χ1) is 10.3. The summed E-state index contributed by atoms with van der Waals surface area (Å²) < 4.78 is 0. The van der Waals surface area contributed by atoms with Crippen LogP contribution in [-0.4, -0.2) is 29.3 Å². The van der Waals surface area contributed by atoms with E-state index in [0.717, 1.165) is 24.9 Å². The van der Waals surface area contributed by atoms with E-state index in [9.17, 15) is 4.79 Å². The molecule has 3 heteroatoms. The van der Waals surface area contributed by atoms with Gasteiger partial charge in [0.2, 0.25) is 5.91 Å². The third-order valence-electron chi connectivity index (χ3n) is 4.29. The lowest BCUT2D eigenvalue weighted by Crippen LogP contribution is -2.45. The van der Waals surface area contributed by atoms with Gasteiger partial charge in [0, 0.05) is 18.5 Å². The molecule has 1 aliphatic rings. The van der Waals surface area contributed by atoms with Crippen LogP contribution in [0.3, 0.4) is 0 Å². The van der Waals surface area contributed by atoms with Gasteiger partial charge in [-0.25, -0.2) is 0 Å². The zero-order valence-electron chi connectivity index (χ0n) is 12.1. The van der Waals surface area contributed by atoms with Gasteiger partial charge in [0.25, 0.3) is 0 Å². The van der Waals surface area contributed by atoms with Gasteiger partial charge in [-0.05, 0) is 35.6 Å². The number of carbonyl (C=O) groups is 1. The summed E-state index contributed by atoms with van der Waals surface area (Å²) in [4.78, 5) is 14.5. The Bertz CT molecular complexity index is 640. The molecule has 1 heterocycles. The van der Waals surface area contributed by atoms with Gasteiger partial charge < -0.3 is 4.90 Å². The Morgan fingerprint density at radius 3 is 2.76 bits per heavy atom. The van der Waals surface area contributed by atoms with Crippen molar-refractivity contribution >= 4 is 28.3 Å². The van der Waals surface area contributed by atoms with Crippen molar-refractivity contribution in [3.05, 3.63) is 48.0 Å². The molecule has 0 radical (unpaired) electrons. The Morgan fingerprint density at radius 1 is 1.14 bits per heavy atom. The second kappa shape index (κ2) is 6.48. The molecule has 0 bridgehead atoms. The summed E-state index contributed by atoms with van der Waals surface area (Å²) in [6.07, 6.45) is 3.78. The quantitative estimate of drug-likeness (QED) is 0.785. The average Bonchev–Trinajstić information content (AvgIpc) is 2.54. The fraction of sp³-hybridized carbons (Fsp3) is 0.389. The molecule has 0 N–H and O–H groups in total. The molecule has 1 unspecified atom stereocenters. The maximum Gasteiger partial charge on any atom is 0.227 e. The highest BCUT2D eigenvalue weighted by Crippen LogP contribution is 2.21. The lowest BCUT2D eigenvalue weighted by atomic mass is 10.0. The normalized spacial score (nSPS) is 18.9. The van der Waals surface area contributed by atoms with Crippen molar-refractivity contribution in [2.45, 2.75) is 31.7 Å². The van der Waals surface area contributed by atoms with Crippen molar-refractivity contribution in [3.63, 3.8) is 0 Å².